The number of hydrogen-bond donors (Lipinski definition) is 1. The third kappa shape index (κ3) is 2.43. The highest BCUT2D eigenvalue weighted by Crippen LogP contribution is 2.25. The number of halogens is 1. The number of Topliss-reactive ketones (excluding diaryl/α,β-unsaturated/α-hetero) is 1. The van der Waals surface area contributed by atoms with Gasteiger partial charge in [-0.2, -0.15) is 11.3 Å². The second-order valence-electron chi connectivity index (χ2n) is 3.62. The number of likely N-dealkylation sites (N-methyl/N-ethyl adjacent to an activating group) is 1. The van der Waals surface area contributed by atoms with Crippen LogP contribution >= 0.6 is 27.3 Å². The molecule has 78 valence electrons. The lowest BCUT2D eigenvalue weighted by Crippen LogP contribution is -2.46. The standard InChI is InChI=1S/C10H14BrNOS/c1-4-12-10(2,3)9(13)7-5-14-6-8(7)11/h5-6,12H,4H2,1-3H3. The van der Waals surface area contributed by atoms with Crippen molar-refractivity contribution in [3.8, 4) is 0 Å². The number of carbonyl (C=O) groups is 1. The summed E-state index contributed by atoms with van der Waals surface area (Å²) in [5.74, 6) is 0.132. The van der Waals surface area contributed by atoms with Crippen LogP contribution in [0.4, 0.5) is 0 Å². The molecule has 0 saturated carbocycles. The fourth-order valence-corrected chi connectivity index (χ4v) is 2.76. The second kappa shape index (κ2) is 4.55. The highest BCUT2D eigenvalue weighted by atomic mass is 79.9. The SMILES string of the molecule is CCNC(C)(C)C(=O)c1cscc1Br. The van der Waals surface area contributed by atoms with E-state index in [0.717, 1.165) is 16.6 Å². The summed E-state index contributed by atoms with van der Waals surface area (Å²) >= 11 is 4.91. The molecule has 0 fully saturated rings. The summed E-state index contributed by atoms with van der Waals surface area (Å²) < 4.78 is 0.887. The lowest BCUT2D eigenvalue weighted by molar-refractivity contribution is 0.0883. The lowest BCUT2D eigenvalue weighted by atomic mass is 9.95. The third-order valence-corrected chi connectivity index (χ3v) is 3.75. The number of ketones is 1. The van der Waals surface area contributed by atoms with Gasteiger partial charge in [0.05, 0.1) is 5.54 Å². The summed E-state index contributed by atoms with van der Waals surface area (Å²) in [5, 5.41) is 6.98. The first-order valence-electron chi connectivity index (χ1n) is 4.50. The summed E-state index contributed by atoms with van der Waals surface area (Å²) in [6.07, 6.45) is 0. The van der Waals surface area contributed by atoms with Crippen LogP contribution in [0.3, 0.4) is 0 Å². The van der Waals surface area contributed by atoms with Crippen LogP contribution in [0, 0.1) is 0 Å². The molecule has 0 unspecified atom stereocenters. The van der Waals surface area contributed by atoms with E-state index >= 15 is 0 Å². The van der Waals surface area contributed by atoms with Crippen LogP contribution in [0.2, 0.25) is 0 Å². The van der Waals surface area contributed by atoms with Crippen molar-refractivity contribution in [2.75, 3.05) is 6.54 Å². The number of thiophene rings is 1. The second-order valence-corrected chi connectivity index (χ2v) is 5.22. The molecule has 4 heteroatoms. The summed E-state index contributed by atoms with van der Waals surface area (Å²) in [4.78, 5) is 12.1. The van der Waals surface area contributed by atoms with E-state index in [4.69, 9.17) is 0 Å². The molecule has 0 amide bonds. The summed E-state index contributed by atoms with van der Waals surface area (Å²) in [7, 11) is 0. The molecule has 0 aliphatic rings. The van der Waals surface area contributed by atoms with Gasteiger partial charge in [-0.3, -0.25) is 4.79 Å². The summed E-state index contributed by atoms with van der Waals surface area (Å²) in [6, 6.07) is 0. The first kappa shape index (κ1) is 11.9. The Morgan fingerprint density at radius 3 is 2.64 bits per heavy atom. The Morgan fingerprint density at radius 2 is 2.21 bits per heavy atom. The normalized spacial score (nSPS) is 11.7. The third-order valence-electron chi connectivity index (χ3n) is 2.05. The number of carbonyl (C=O) groups excluding carboxylic acids is 1. The molecule has 1 aromatic heterocycles. The predicted molar refractivity (Wildman–Crippen MR) is 64.1 cm³/mol. The molecular formula is C10H14BrNOS. The van der Waals surface area contributed by atoms with Crippen LogP contribution in [0.1, 0.15) is 31.1 Å². The molecule has 0 atom stereocenters. The van der Waals surface area contributed by atoms with Gasteiger partial charge < -0.3 is 5.32 Å². The fourth-order valence-electron chi connectivity index (χ4n) is 1.30. The van der Waals surface area contributed by atoms with Crippen molar-refractivity contribution in [1.82, 2.24) is 5.32 Å². The fraction of sp³-hybridized carbons (Fsp3) is 0.500. The van der Waals surface area contributed by atoms with Gasteiger partial charge in [-0.15, -0.1) is 0 Å². The van der Waals surface area contributed by atoms with Gasteiger partial charge in [-0.05, 0) is 36.3 Å². The molecule has 0 radical (unpaired) electrons. The van der Waals surface area contributed by atoms with Crippen molar-refractivity contribution in [2.45, 2.75) is 26.3 Å². The molecule has 0 aliphatic carbocycles. The molecule has 1 heterocycles. The minimum atomic E-state index is -0.488. The zero-order valence-corrected chi connectivity index (χ0v) is 11.0. The number of nitrogens with one attached hydrogen (secondary N) is 1. The Labute approximate surface area is 96.8 Å². The Morgan fingerprint density at radius 1 is 1.57 bits per heavy atom. The quantitative estimate of drug-likeness (QED) is 0.856. The van der Waals surface area contributed by atoms with Gasteiger partial charge in [-0.25, -0.2) is 0 Å². The largest absolute Gasteiger partial charge is 0.305 e. The van der Waals surface area contributed by atoms with Crippen molar-refractivity contribution in [2.24, 2.45) is 0 Å². The highest BCUT2D eigenvalue weighted by Gasteiger charge is 2.28. The molecule has 14 heavy (non-hydrogen) atoms. The van der Waals surface area contributed by atoms with Crippen molar-refractivity contribution in [1.29, 1.82) is 0 Å². The average Bonchev–Trinajstić information content (AvgIpc) is 2.50. The van der Waals surface area contributed by atoms with E-state index in [1.54, 1.807) is 0 Å². The van der Waals surface area contributed by atoms with Crippen LogP contribution in [0.5, 0.6) is 0 Å². The highest BCUT2D eigenvalue weighted by molar-refractivity contribution is 9.10. The van der Waals surface area contributed by atoms with E-state index in [1.807, 2.05) is 31.5 Å². The molecule has 0 spiro atoms. The van der Waals surface area contributed by atoms with Crippen LogP contribution in [0.15, 0.2) is 15.2 Å². The molecule has 1 rings (SSSR count). The maximum Gasteiger partial charge on any atom is 0.184 e. The Balaban J connectivity index is 2.90. The van der Waals surface area contributed by atoms with E-state index in [1.165, 1.54) is 11.3 Å². The Hall–Kier alpha value is -0.190. The Kier molecular flexibility index (Phi) is 3.86. The smallest absolute Gasteiger partial charge is 0.184 e. The predicted octanol–water partition coefficient (Wildman–Crippen LogP) is 3.08. The van der Waals surface area contributed by atoms with E-state index < -0.39 is 5.54 Å². The summed E-state index contributed by atoms with van der Waals surface area (Å²) in [5.41, 5.74) is 0.277. The zero-order valence-electron chi connectivity index (χ0n) is 8.56. The van der Waals surface area contributed by atoms with Gasteiger partial charge in [0.25, 0.3) is 0 Å². The number of hydrogen-bond acceptors (Lipinski definition) is 3. The van der Waals surface area contributed by atoms with Gasteiger partial charge >= 0.3 is 0 Å². The van der Waals surface area contributed by atoms with Crippen LogP contribution in [0.25, 0.3) is 0 Å². The lowest BCUT2D eigenvalue weighted by Gasteiger charge is -2.23. The Bertz CT molecular complexity index is 333. The first-order valence-corrected chi connectivity index (χ1v) is 6.24. The maximum atomic E-state index is 12.1. The molecule has 0 bridgehead atoms. The van der Waals surface area contributed by atoms with Crippen molar-refractivity contribution in [3.63, 3.8) is 0 Å². The van der Waals surface area contributed by atoms with E-state index in [-0.39, 0.29) is 5.78 Å². The van der Waals surface area contributed by atoms with E-state index in [2.05, 4.69) is 21.2 Å². The minimum Gasteiger partial charge on any atom is -0.305 e. The average molecular weight is 276 g/mol. The molecule has 1 aromatic rings. The molecular weight excluding hydrogens is 262 g/mol. The van der Waals surface area contributed by atoms with Gasteiger partial charge in [0.15, 0.2) is 5.78 Å². The summed E-state index contributed by atoms with van der Waals surface area (Å²) in [6.45, 7) is 6.60. The van der Waals surface area contributed by atoms with Crippen molar-refractivity contribution >= 4 is 33.0 Å². The van der Waals surface area contributed by atoms with E-state index in [0.29, 0.717) is 0 Å². The molecule has 0 aliphatic heterocycles. The molecule has 0 aromatic carbocycles. The molecule has 0 saturated heterocycles. The van der Waals surface area contributed by atoms with Crippen LogP contribution in [-0.2, 0) is 0 Å². The topological polar surface area (TPSA) is 29.1 Å². The number of rotatable bonds is 4. The van der Waals surface area contributed by atoms with Gasteiger partial charge in [0.1, 0.15) is 0 Å². The van der Waals surface area contributed by atoms with Crippen molar-refractivity contribution in [3.05, 3.63) is 20.8 Å². The first-order chi connectivity index (χ1) is 6.49. The molecule has 2 nitrogen and oxygen atoms in total. The zero-order chi connectivity index (χ0) is 10.8. The maximum absolute atomic E-state index is 12.1. The van der Waals surface area contributed by atoms with Gasteiger partial charge in [0.2, 0.25) is 0 Å². The van der Waals surface area contributed by atoms with Gasteiger partial charge in [0, 0.05) is 20.8 Å². The van der Waals surface area contributed by atoms with Crippen LogP contribution in [-0.4, -0.2) is 17.9 Å². The van der Waals surface area contributed by atoms with Gasteiger partial charge in [-0.1, -0.05) is 6.92 Å². The van der Waals surface area contributed by atoms with E-state index in [9.17, 15) is 4.79 Å². The van der Waals surface area contributed by atoms with Crippen molar-refractivity contribution < 1.29 is 4.79 Å². The van der Waals surface area contributed by atoms with Crippen LogP contribution < -0.4 is 5.32 Å². The molecule has 1 N–H and O–H groups in total. The minimum absolute atomic E-state index is 0.132. The monoisotopic (exact) mass is 275 g/mol.